The van der Waals surface area contributed by atoms with E-state index in [1.807, 2.05) is 6.92 Å². The summed E-state index contributed by atoms with van der Waals surface area (Å²) >= 11 is 0. The van der Waals surface area contributed by atoms with Gasteiger partial charge in [-0.2, -0.15) is 0 Å². The fourth-order valence-corrected chi connectivity index (χ4v) is 2.20. The van der Waals surface area contributed by atoms with Crippen molar-refractivity contribution >= 4 is 5.97 Å². The van der Waals surface area contributed by atoms with Crippen molar-refractivity contribution in [2.45, 2.75) is 31.8 Å². The summed E-state index contributed by atoms with van der Waals surface area (Å²) < 4.78 is 6.73. The minimum atomic E-state index is -0.152. The Hall–Kier alpha value is -1.43. The first-order valence-corrected chi connectivity index (χ1v) is 5.50. The lowest BCUT2D eigenvalue weighted by atomic mass is 10.1. The van der Waals surface area contributed by atoms with Crippen LogP contribution in [0.3, 0.4) is 0 Å². The Morgan fingerprint density at radius 1 is 1.62 bits per heavy atom. The lowest BCUT2D eigenvalue weighted by Gasteiger charge is -2.14. The van der Waals surface area contributed by atoms with Gasteiger partial charge in [0.15, 0.2) is 0 Å². The summed E-state index contributed by atoms with van der Waals surface area (Å²) in [4.78, 5) is 11.6. The highest BCUT2D eigenvalue weighted by atomic mass is 16.5. The van der Waals surface area contributed by atoms with E-state index >= 15 is 0 Å². The van der Waals surface area contributed by atoms with Crippen LogP contribution in [0.25, 0.3) is 0 Å². The lowest BCUT2D eigenvalue weighted by Crippen LogP contribution is -2.27. The van der Waals surface area contributed by atoms with E-state index in [1.165, 1.54) is 0 Å². The number of nitrogens with two attached hydrogens (primary N) is 1. The van der Waals surface area contributed by atoms with Crippen molar-refractivity contribution in [3.8, 4) is 0 Å². The van der Waals surface area contributed by atoms with Crippen molar-refractivity contribution in [2.24, 2.45) is 11.7 Å². The molecule has 3 atom stereocenters. The lowest BCUT2D eigenvalue weighted by molar-refractivity contribution is -0.147. The largest absolute Gasteiger partial charge is 0.466 e. The van der Waals surface area contributed by atoms with Gasteiger partial charge in [0, 0.05) is 12.2 Å². The second-order valence-corrected chi connectivity index (χ2v) is 4.03. The number of ether oxygens (including phenoxy) is 1. The maximum absolute atomic E-state index is 11.6. The topological polar surface area (TPSA) is 83.0 Å². The normalized spacial score (nSPS) is 29.2. The summed E-state index contributed by atoms with van der Waals surface area (Å²) in [7, 11) is 0. The van der Waals surface area contributed by atoms with Gasteiger partial charge in [0.25, 0.3) is 0 Å². The molecule has 0 saturated heterocycles. The summed E-state index contributed by atoms with van der Waals surface area (Å²) in [5.74, 6) is -0.260. The molecule has 0 amide bonds. The summed E-state index contributed by atoms with van der Waals surface area (Å²) in [6.07, 6.45) is 4.73. The molecule has 0 spiro atoms. The second-order valence-electron chi connectivity index (χ2n) is 4.03. The van der Waals surface area contributed by atoms with Crippen molar-refractivity contribution in [2.75, 3.05) is 6.61 Å². The van der Waals surface area contributed by atoms with E-state index in [2.05, 4.69) is 10.3 Å². The van der Waals surface area contributed by atoms with Crippen LogP contribution < -0.4 is 5.73 Å². The van der Waals surface area contributed by atoms with E-state index in [4.69, 9.17) is 10.5 Å². The number of aromatic nitrogens is 3. The molecule has 1 aromatic rings. The average molecular weight is 224 g/mol. The number of carbonyl (C=O) groups excluding carboxylic acids is 1. The Labute approximate surface area is 93.8 Å². The van der Waals surface area contributed by atoms with Gasteiger partial charge in [-0.25, -0.2) is 4.68 Å². The monoisotopic (exact) mass is 224 g/mol. The number of hydrogen-bond acceptors (Lipinski definition) is 5. The molecule has 2 N–H and O–H groups in total. The molecular weight excluding hydrogens is 208 g/mol. The predicted octanol–water partition coefficient (Wildman–Crippen LogP) is 0.120. The van der Waals surface area contributed by atoms with Gasteiger partial charge in [0.2, 0.25) is 0 Å². The van der Waals surface area contributed by atoms with Crippen molar-refractivity contribution in [1.29, 1.82) is 0 Å². The van der Waals surface area contributed by atoms with Gasteiger partial charge in [0.1, 0.15) is 0 Å². The molecule has 1 heterocycles. The van der Waals surface area contributed by atoms with E-state index in [-0.39, 0.29) is 24.0 Å². The summed E-state index contributed by atoms with van der Waals surface area (Å²) in [6.45, 7) is 2.22. The summed E-state index contributed by atoms with van der Waals surface area (Å²) in [5.41, 5.74) is 6.00. The third-order valence-corrected chi connectivity index (χ3v) is 2.98. The standard InChI is InChI=1S/C10H16N4O2/c1-2-16-10(15)7-5-8(11)9(6-7)14-4-3-12-13-14/h3-4,7-9H,2,5-6,11H2,1H3/t7?,8-,9+/m1/s1. The smallest absolute Gasteiger partial charge is 0.309 e. The van der Waals surface area contributed by atoms with Crippen LogP contribution in [0, 0.1) is 5.92 Å². The molecule has 0 bridgehead atoms. The van der Waals surface area contributed by atoms with Crippen LogP contribution in [0.2, 0.25) is 0 Å². The Balaban J connectivity index is 2.02. The fourth-order valence-electron chi connectivity index (χ4n) is 2.20. The highest BCUT2D eigenvalue weighted by Crippen LogP contribution is 2.33. The minimum Gasteiger partial charge on any atom is -0.466 e. The van der Waals surface area contributed by atoms with Gasteiger partial charge < -0.3 is 10.5 Å². The van der Waals surface area contributed by atoms with Crippen LogP contribution in [-0.2, 0) is 9.53 Å². The zero-order chi connectivity index (χ0) is 11.5. The molecule has 1 aliphatic carbocycles. The molecule has 6 nitrogen and oxygen atoms in total. The SMILES string of the molecule is CCOC(=O)C1C[C@@H](N)[C@@H](n2ccnn2)C1. The molecule has 0 aliphatic heterocycles. The molecule has 1 aliphatic rings. The highest BCUT2D eigenvalue weighted by Gasteiger charge is 2.38. The molecule has 0 aromatic carbocycles. The van der Waals surface area contributed by atoms with E-state index in [9.17, 15) is 4.79 Å². The molecule has 1 unspecified atom stereocenters. The van der Waals surface area contributed by atoms with Crippen molar-refractivity contribution in [3.05, 3.63) is 12.4 Å². The van der Waals surface area contributed by atoms with Crippen molar-refractivity contribution in [3.63, 3.8) is 0 Å². The van der Waals surface area contributed by atoms with Gasteiger partial charge in [0.05, 0.1) is 24.8 Å². The van der Waals surface area contributed by atoms with Gasteiger partial charge in [-0.15, -0.1) is 5.10 Å². The van der Waals surface area contributed by atoms with E-state index < -0.39 is 0 Å². The Morgan fingerprint density at radius 2 is 2.44 bits per heavy atom. The maximum atomic E-state index is 11.6. The summed E-state index contributed by atoms with van der Waals surface area (Å²) in [5, 5.41) is 7.67. The van der Waals surface area contributed by atoms with E-state index in [1.54, 1.807) is 17.1 Å². The Bertz CT molecular complexity index is 352. The summed E-state index contributed by atoms with van der Waals surface area (Å²) in [6, 6.07) is -0.00647. The molecule has 2 rings (SSSR count). The number of nitrogens with zero attached hydrogens (tertiary/aromatic N) is 3. The van der Waals surface area contributed by atoms with Gasteiger partial charge in [-0.3, -0.25) is 4.79 Å². The molecule has 0 radical (unpaired) electrons. The van der Waals surface area contributed by atoms with Crippen LogP contribution in [0.5, 0.6) is 0 Å². The molecule has 1 saturated carbocycles. The zero-order valence-electron chi connectivity index (χ0n) is 9.24. The fraction of sp³-hybridized carbons (Fsp3) is 0.700. The van der Waals surface area contributed by atoms with Crippen LogP contribution >= 0.6 is 0 Å². The molecule has 6 heteroatoms. The number of carbonyl (C=O) groups is 1. The van der Waals surface area contributed by atoms with E-state index in [0.717, 1.165) is 0 Å². The third kappa shape index (κ3) is 2.06. The Kier molecular flexibility index (Phi) is 3.19. The van der Waals surface area contributed by atoms with E-state index in [0.29, 0.717) is 19.4 Å². The average Bonchev–Trinajstić information content (AvgIpc) is 2.86. The molecule has 1 fully saturated rings. The van der Waals surface area contributed by atoms with Crippen LogP contribution in [0.1, 0.15) is 25.8 Å². The van der Waals surface area contributed by atoms with Crippen LogP contribution in [-0.4, -0.2) is 33.6 Å². The molecular formula is C10H16N4O2. The predicted molar refractivity (Wildman–Crippen MR) is 56.4 cm³/mol. The first-order chi connectivity index (χ1) is 7.72. The second kappa shape index (κ2) is 4.61. The molecule has 88 valence electrons. The number of esters is 1. The number of rotatable bonds is 3. The van der Waals surface area contributed by atoms with Gasteiger partial charge >= 0.3 is 5.97 Å². The molecule has 1 aromatic heterocycles. The highest BCUT2D eigenvalue weighted by molar-refractivity contribution is 5.73. The quantitative estimate of drug-likeness (QED) is 0.737. The van der Waals surface area contributed by atoms with Gasteiger partial charge in [-0.05, 0) is 19.8 Å². The van der Waals surface area contributed by atoms with Crippen molar-refractivity contribution in [1.82, 2.24) is 15.0 Å². The first-order valence-electron chi connectivity index (χ1n) is 5.50. The van der Waals surface area contributed by atoms with Crippen LogP contribution in [0.15, 0.2) is 12.4 Å². The maximum Gasteiger partial charge on any atom is 0.309 e. The third-order valence-electron chi connectivity index (χ3n) is 2.98. The first kappa shape index (κ1) is 11.1. The van der Waals surface area contributed by atoms with Crippen LogP contribution in [0.4, 0.5) is 0 Å². The zero-order valence-corrected chi connectivity index (χ0v) is 9.24. The molecule has 16 heavy (non-hydrogen) atoms. The minimum absolute atomic E-state index is 0.0527. The van der Waals surface area contributed by atoms with Crippen molar-refractivity contribution < 1.29 is 9.53 Å². The van der Waals surface area contributed by atoms with Gasteiger partial charge in [-0.1, -0.05) is 5.21 Å². The number of hydrogen-bond donors (Lipinski definition) is 1. The Morgan fingerprint density at radius 3 is 3.06 bits per heavy atom.